The Kier molecular flexibility index (Phi) is 6.91. The minimum Gasteiger partial charge on any atom is -0.349 e. The van der Waals surface area contributed by atoms with Crippen molar-refractivity contribution >= 4 is 28.5 Å². The van der Waals surface area contributed by atoms with E-state index in [1.165, 1.54) is 0 Å². The second-order valence-corrected chi connectivity index (χ2v) is 9.20. The fourth-order valence-corrected chi connectivity index (χ4v) is 3.94. The van der Waals surface area contributed by atoms with E-state index in [4.69, 9.17) is 0 Å². The third-order valence-corrected chi connectivity index (χ3v) is 6.20. The van der Waals surface area contributed by atoms with Gasteiger partial charge in [0.05, 0.1) is 5.52 Å². The molecular formula is C27H30N6O2. The van der Waals surface area contributed by atoms with Crippen LogP contribution in [0.25, 0.3) is 11.0 Å². The first-order valence-corrected chi connectivity index (χ1v) is 11.7. The van der Waals surface area contributed by atoms with Gasteiger partial charge in [-0.2, -0.15) is 0 Å². The summed E-state index contributed by atoms with van der Waals surface area (Å²) in [6, 6.07) is 17.7. The Morgan fingerprint density at radius 1 is 1.06 bits per heavy atom. The molecule has 2 heterocycles. The molecule has 0 saturated heterocycles. The Hall–Kier alpha value is -4.07. The summed E-state index contributed by atoms with van der Waals surface area (Å²) in [5.74, 6) is -0.557. The SMILES string of the molecule is CCC(C)(C)NC(=O)[C@H](c1cccnc1)N(C(=O)Cn1nnc2ccccc21)c1ccccc1C. The van der Waals surface area contributed by atoms with Gasteiger partial charge in [0.2, 0.25) is 11.8 Å². The number of fused-ring (bicyclic) bond motifs is 1. The Labute approximate surface area is 205 Å². The molecule has 180 valence electrons. The van der Waals surface area contributed by atoms with Crippen molar-refractivity contribution in [1.29, 1.82) is 0 Å². The zero-order chi connectivity index (χ0) is 25.0. The van der Waals surface area contributed by atoms with Crippen molar-refractivity contribution in [2.45, 2.75) is 52.2 Å². The third-order valence-electron chi connectivity index (χ3n) is 6.20. The van der Waals surface area contributed by atoms with Gasteiger partial charge < -0.3 is 5.32 Å². The average Bonchev–Trinajstić information content (AvgIpc) is 3.26. The molecule has 2 aromatic heterocycles. The zero-order valence-corrected chi connectivity index (χ0v) is 20.5. The predicted molar refractivity (Wildman–Crippen MR) is 136 cm³/mol. The number of hydrogen-bond acceptors (Lipinski definition) is 5. The number of carbonyl (C=O) groups is 2. The summed E-state index contributed by atoms with van der Waals surface area (Å²) in [6.07, 6.45) is 4.02. The van der Waals surface area contributed by atoms with Crippen LogP contribution in [0.4, 0.5) is 5.69 Å². The number of anilines is 1. The molecule has 8 heteroatoms. The number of nitrogens with one attached hydrogen (secondary N) is 1. The van der Waals surface area contributed by atoms with Crippen LogP contribution in [0.2, 0.25) is 0 Å². The quantitative estimate of drug-likeness (QED) is 0.416. The van der Waals surface area contributed by atoms with E-state index in [0.29, 0.717) is 16.8 Å². The van der Waals surface area contributed by atoms with Gasteiger partial charge in [-0.25, -0.2) is 4.68 Å². The second kappa shape index (κ2) is 10.0. The topological polar surface area (TPSA) is 93.0 Å². The number of carbonyl (C=O) groups excluding carboxylic acids is 2. The number of aromatic nitrogens is 4. The molecule has 35 heavy (non-hydrogen) atoms. The number of para-hydroxylation sites is 2. The maximum Gasteiger partial charge on any atom is 0.249 e. The third kappa shape index (κ3) is 5.21. The van der Waals surface area contributed by atoms with Gasteiger partial charge in [-0.1, -0.05) is 48.5 Å². The summed E-state index contributed by atoms with van der Waals surface area (Å²) >= 11 is 0. The van der Waals surface area contributed by atoms with Crippen LogP contribution in [0.5, 0.6) is 0 Å². The van der Waals surface area contributed by atoms with Crippen LogP contribution >= 0.6 is 0 Å². The first-order valence-electron chi connectivity index (χ1n) is 11.7. The molecule has 0 radical (unpaired) electrons. The second-order valence-electron chi connectivity index (χ2n) is 9.20. The smallest absolute Gasteiger partial charge is 0.249 e. The van der Waals surface area contributed by atoms with Crippen LogP contribution in [0, 0.1) is 6.92 Å². The van der Waals surface area contributed by atoms with Gasteiger partial charge in [0.25, 0.3) is 0 Å². The number of aryl methyl sites for hydroxylation is 1. The fraction of sp³-hybridized carbons (Fsp3) is 0.296. The van der Waals surface area contributed by atoms with E-state index in [0.717, 1.165) is 17.5 Å². The Morgan fingerprint density at radius 3 is 2.51 bits per heavy atom. The predicted octanol–water partition coefficient (Wildman–Crippen LogP) is 4.21. The van der Waals surface area contributed by atoms with Crippen molar-refractivity contribution < 1.29 is 9.59 Å². The van der Waals surface area contributed by atoms with E-state index >= 15 is 0 Å². The first kappa shape index (κ1) is 24.1. The Balaban J connectivity index is 1.82. The van der Waals surface area contributed by atoms with E-state index in [-0.39, 0.29) is 18.4 Å². The van der Waals surface area contributed by atoms with E-state index in [1.807, 2.05) is 82.3 Å². The molecule has 0 aliphatic heterocycles. The Bertz CT molecular complexity index is 1330. The molecule has 4 rings (SSSR count). The maximum atomic E-state index is 14.0. The molecule has 0 spiro atoms. The lowest BCUT2D eigenvalue weighted by molar-refractivity contribution is -0.128. The molecular weight excluding hydrogens is 440 g/mol. The van der Waals surface area contributed by atoms with Gasteiger partial charge in [-0.15, -0.1) is 5.10 Å². The molecule has 0 fully saturated rings. The van der Waals surface area contributed by atoms with Crippen LogP contribution in [0.1, 0.15) is 44.4 Å². The summed E-state index contributed by atoms with van der Waals surface area (Å²) < 4.78 is 1.57. The van der Waals surface area contributed by atoms with Crippen LogP contribution in [-0.4, -0.2) is 37.3 Å². The maximum absolute atomic E-state index is 14.0. The number of rotatable bonds is 8. The van der Waals surface area contributed by atoms with Gasteiger partial charge in [0.1, 0.15) is 18.1 Å². The van der Waals surface area contributed by atoms with Crippen LogP contribution in [0.15, 0.2) is 73.1 Å². The lowest BCUT2D eigenvalue weighted by atomic mass is 9.98. The Morgan fingerprint density at radius 2 is 1.80 bits per heavy atom. The summed E-state index contributed by atoms with van der Waals surface area (Å²) in [5.41, 5.74) is 3.16. The number of hydrogen-bond donors (Lipinski definition) is 1. The van der Waals surface area contributed by atoms with Gasteiger partial charge >= 0.3 is 0 Å². The lowest BCUT2D eigenvalue weighted by Gasteiger charge is -2.35. The number of amides is 2. The summed E-state index contributed by atoms with van der Waals surface area (Å²) in [6.45, 7) is 7.80. The number of benzene rings is 2. The molecule has 2 amide bonds. The minimum absolute atomic E-state index is 0.0734. The van der Waals surface area contributed by atoms with E-state index in [9.17, 15) is 9.59 Å². The normalized spacial score (nSPS) is 12.3. The molecule has 0 saturated carbocycles. The molecule has 0 aliphatic carbocycles. The molecule has 8 nitrogen and oxygen atoms in total. The molecule has 4 aromatic rings. The van der Waals surface area contributed by atoms with E-state index in [2.05, 4.69) is 20.6 Å². The highest BCUT2D eigenvalue weighted by Crippen LogP contribution is 2.31. The van der Waals surface area contributed by atoms with Crippen molar-refractivity contribution in [3.05, 3.63) is 84.2 Å². The molecule has 0 aliphatic rings. The lowest BCUT2D eigenvalue weighted by Crippen LogP contribution is -2.51. The van der Waals surface area contributed by atoms with Crippen molar-refractivity contribution in [2.24, 2.45) is 0 Å². The number of pyridine rings is 1. The van der Waals surface area contributed by atoms with E-state index in [1.54, 1.807) is 28.0 Å². The van der Waals surface area contributed by atoms with Crippen molar-refractivity contribution in [3.63, 3.8) is 0 Å². The van der Waals surface area contributed by atoms with Crippen LogP contribution in [-0.2, 0) is 16.1 Å². The van der Waals surface area contributed by atoms with Crippen molar-refractivity contribution in [1.82, 2.24) is 25.3 Å². The van der Waals surface area contributed by atoms with Crippen molar-refractivity contribution in [2.75, 3.05) is 4.90 Å². The van der Waals surface area contributed by atoms with Crippen molar-refractivity contribution in [3.8, 4) is 0 Å². The summed E-state index contributed by atoms with van der Waals surface area (Å²) in [7, 11) is 0. The molecule has 2 aromatic carbocycles. The molecule has 1 N–H and O–H groups in total. The van der Waals surface area contributed by atoms with Crippen LogP contribution in [0.3, 0.4) is 0 Å². The highest BCUT2D eigenvalue weighted by atomic mass is 16.2. The van der Waals surface area contributed by atoms with Crippen LogP contribution < -0.4 is 10.2 Å². The minimum atomic E-state index is -0.919. The first-order chi connectivity index (χ1) is 16.8. The highest BCUT2D eigenvalue weighted by molar-refractivity contribution is 6.02. The summed E-state index contributed by atoms with van der Waals surface area (Å²) in [5, 5.41) is 11.5. The van der Waals surface area contributed by atoms with E-state index < -0.39 is 11.6 Å². The standard InChI is InChI=1S/C27H30N6O2/c1-5-27(3,4)29-26(35)25(20-12-10-16-28-17-20)33(22-14-8-6-11-19(22)2)24(34)18-32-23-15-9-7-13-21(23)30-31-32/h6-17,25H,5,18H2,1-4H3,(H,29,35)/t25-/m0/s1. The molecule has 0 unspecified atom stereocenters. The van der Waals surface area contributed by atoms with Gasteiger partial charge in [0.15, 0.2) is 0 Å². The molecule has 0 bridgehead atoms. The largest absolute Gasteiger partial charge is 0.349 e. The fourth-order valence-electron chi connectivity index (χ4n) is 3.94. The zero-order valence-electron chi connectivity index (χ0n) is 20.5. The monoisotopic (exact) mass is 470 g/mol. The number of nitrogens with zero attached hydrogens (tertiary/aromatic N) is 5. The van der Waals surface area contributed by atoms with Gasteiger partial charge in [-0.3, -0.25) is 19.5 Å². The average molecular weight is 471 g/mol. The molecule has 1 atom stereocenters. The van der Waals surface area contributed by atoms with Gasteiger partial charge in [0, 0.05) is 29.2 Å². The van der Waals surface area contributed by atoms with Gasteiger partial charge in [-0.05, 0) is 57.0 Å². The summed E-state index contributed by atoms with van der Waals surface area (Å²) in [4.78, 5) is 33.6. The highest BCUT2D eigenvalue weighted by Gasteiger charge is 2.36.